The first-order chi connectivity index (χ1) is 11.3. The van der Waals surface area contributed by atoms with E-state index in [1.807, 2.05) is 0 Å². The molecule has 5 nitrogen and oxygen atoms in total. The van der Waals surface area contributed by atoms with Crippen LogP contribution in [0.25, 0.3) is 0 Å². The molecule has 2 atom stereocenters. The molecule has 0 spiro atoms. The maximum atomic E-state index is 14.1. The van der Waals surface area contributed by atoms with Gasteiger partial charge in [0.05, 0.1) is 0 Å². The van der Waals surface area contributed by atoms with Gasteiger partial charge in [-0.3, -0.25) is 4.79 Å². The summed E-state index contributed by atoms with van der Waals surface area (Å²) in [6, 6.07) is 3.62. The van der Waals surface area contributed by atoms with Crippen LogP contribution in [0.3, 0.4) is 0 Å². The van der Waals surface area contributed by atoms with E-state index in [4.69, 9.17) is 9.47 Å². The summed E-state index contributed by atoms with van der Waals surface area (Å²) in [6.07, 6.45) is -2.82. The molecule has 1 aliphatic heterocycles. The number of methoxy groups -OCH3 is 1. The fourth-order valence-corrected chi connectivity index (χ4v) is 2.62. The van der Waals surface area contributed by atoms with Crippen LogP contribution in [0.15, 0.2) is 24.3 Å². The molecule has 0 radical (unpaired) electrons. The number of rotatable bonds is 2. The van der Waals surface area contributed by atoms with Crippen LogP contribution < -0.4 is 4.74 Å². The lowest BCUT2D eigenvalue weighted by atomic mass is 9.92. The molecule has 0 saturated heterocycles. The lowest BCUT2D eigenvalue weighted by molar-refractivity contribution is -0.00249. The van der Waals surface area contributed by atoms with Gasteiger partial charge < -0.3 is 19.7 Å². The third kappa shape index (κ3) is 2.35. The van der Waals surface area contributed by atoms with Gasteiger partial charge in [0.25, 0.3) is 0 Å². The van der Waals surface area contributed by atoms with Gasteiger partial charge in [-0.2, -0.15) is 0 Å². The summed E-state index contributed by atoms with van der Waals surface area (Å²) >= 11 is 0. The number of benzene rings is 2. The van der Waals surface area contributed by atoms with E-state index in [9.17, 15) is 28.2 Å². The van der Waals surface area contributed by atoms with Crippen LogP contribution >= 0.6 is 0 Å². The molecule has 2 aromatic rings. The fourth-order valence-electron chi connectivity index (χ4n) is 2.62. The predicted octanol–water partition coefficient (Wildman–Crippen LogP) is 2.85. The molecule has 24 heavy (non-hydrogen) atoms. The minimum atomic E-state index is -1.71. The Morgan fingerprint density at radius 3 is 2.50 bits per heavy atom. The van der Waals surface area contributed by atoms with Gasteiger partial charge in [0.1, 0.15) is 22.8 Å². The number of ether oxygens (including phenoxy) is 2. The SMILES string of the molecule is COC1C(=O)c2c(O)cc(O)cc2OC1c1ccc(F)c(F)c1F. The number of hydrogen-bond acceptors (Lipinski definition) is 5. The zero-order valence-electron chi connectivity index (χ0n) is 12.2. The van der Waals surface area contributed by atoms with Crippen LogP contribution in [-0.2, 0) is 4.74 Å². The molecule has 2 unspecified atom stereocenters. The quantitative estimate of drug-likeness (QED) is 0.822. The van der Waals surface area contributed by atoms with E-state index in [1.165, 1.54) is 0 Å². The largest absolute Gasteiger partial charge is 0.508 e. The lowest BCUT2D eigenvalue weighted by Gasteiger charge is -2.32. The Morgan fingerprint density at radius 1 is 1.12 bits per heavy atom. The number of carbonyl (C=O) groups excluding carboxylic acids is 1. The third-order valence-corrected chi connectivity index (χ3v) is 3.73. The molecule has 2 aromatic carbocycles. The van der Waals surface area contributed by atoms with Crippen molar-refractivity contribution >= 4 is 5.78 Å². The molecule has 2 N–H and O–H groups in total. The Morgan fingerprint density at radius 2 is 1.83 bits per heavy atom. The average molecular weight is 340 g/mol. The highest BCUT2D eigenvalue weighted by Gasteiger charge is 2.42. The van der Waals surface area contributed by atoms with E-state index >= 15 is 0 Å². The van der Waals surface area contributed by atoms with Crippen molar-refractivity contribution in [3.05, 3.63) is 52.8 Å². The van der Waals surface area contributed by atoms with E-state index in [1.54, 1.807) is 0 Å². The highest BCUT2D eigenvalue weighted by Crippen LogP contribution is 2.43. The first kappa shape index (κ1) is 16.1. The van der Waals surface area contributed by atoms with Crippen molar-refractivity contribution in [2.24, 2.45) is 0 Å². The van der Waals surface area contributed by atoms with Crippen molar-refractivity contribution < 1.29 is 37.7 Å². The number of fused-ring (bicyclic) bond motifs is 1. The van der Waals surface area contributed by atoms with E-state index in [-0.39, 0.29) is 17.1 Å². The van der Waals surface area contributed by atoms with Crippen molar-refractivity contribution in [3.8, 4) is 17.2 Å². The molecular weight excluding hydrogens is 329 g/mol. The second kappa shape index (κ2) is 5.72. The van der Waals surface area contributed by atoms with Crippen molar-refractivity contribution in [3.63, 3.8) is 0 Å². The normalized spacial score (nSPS) is 19.8. The number of phenols is 2. The second-order valence-corrected chi connectivity index (χ2v) is 5.16. The Labute approximate surface area is 133 Å². The minimum Gasteiger partial charge on any atom is -0.508 e. The summed E-state index contributed by atoms with van der Waals surface area (Å²) in [5.41, 5.74) is -0.679. The van der Waals surface area contributed by atoms with Gasteiger partial charge in [-0.25, -0.2) is 13.2 Å². The van der Waals surface area contributed by atoms with Gasteiger partial charge in [0.2, 0.25) is 5.78 Å². The molecule has 126 valence electrons. The Balaban J connectivity index is 2.16. The molecule has 0 aromatic heterocycles. The molecule has 0 fully saturated rings. The summed E-state index contributed by atoms with van der Waals surface area (Å²) in [5.74, 6) is -6.50. The molecule has 1 aliphatic rings. The molecule has 0 saturated carbocycles. The number of hydrogen-bond donors (Lipinski definition) is 2. The molecule has 8 heteroatoms. The highest BCUT2D eigenvalue weighted by atomic mass is 19.2. The lowest BCUT2D eigenvalue weighted by Crippen LogP contribution is -2.38. The summed E-state index contributed by atoms with van der Waals surface area (Å²) in [5, 5.41) is 19.3. The fraction of sp³-hybridized carbons (Fsp3) is 0.188. The van der Waals surface area contributed by atoms with Crippen molar-refractivity contribution in [2.45, 2.75) is 12.2 Å². The first-order valence-electron chi connectivity index (χ1n) is 6.78. The highest BCUT2D eigenvalue weighted by molar-refractivity contribution is 6.05. The summed E-state index contributed by atoms with van der Waals surface area (Å²) < 4.78 is 51.1. The summed E-state index contributed by atoms with van der Waals surface area (Å²) in [7, 11) is 1.15. The van der Waals surface area contributed by atoms with Crippen LogP contribution in [0.4, 0.5) is 13.2 Å². The van der Waals surface area contributed by atoms with Gasteiger partial charge >= 0.3 is 0 Å². The van der Waals surface area contributed by atoms with E-state index < -0.39 is 46.8 Å². The number of aromatic hydroxyl groups is 2. The van der Waals surface area contributed by atoms with Crippen LogP contribution in [0.5, 0.6) is 17.2 Å². The van der Waals surface area contributed by atoms with E-state index in [0.717, 1.165) is 25.3 Å². The van der Waals surface area contributed by atoms with Crippen LogP contribution in [0.1, 0.15) is 22.0 Å². The predicted molar refractivity (Wildman–Crippen MR) is 74.6 cm³/mol. The molecular formula is C16H11F3O5. The molecule has 0 amide bonds. The summed E-state index contributed by atoms with van der Waals surface area (Å²) in [6.45, 7) is 0. The monoisotopic (exact) mass is 340 g/mol. The van der Waals surface area contributed by atoms with Crippen molar-refractivity contribution in [1.82, 2.24) is 0 Å². The smallest absolute Gasteiger partial charge is 0.203 e. The first-order valence-corrected chi connectivity index (χ1v) is 6.78. The second-order valence-electron chi connectivity index (χ2n) is 5.16. The van der Waals surface area contributed by atoms with Gasteiger partial charge in [-0.05, 0) is 12.1 Å². The maximum Gasteiger partial charge on any atom is 0.203 e. The molecule has 0 bridgehead atoms. The van der Waals surface area contributed by atoms with Gasteiger partial charge in [0.15, 0.2) is 29.7 Å². The average Bonchev–Trinajstić information content (AvgIpc) is 2.52. The standard InChI is InChI=1S/C16H11F3O5/c1-23-16-14(22)11-9(21)4-6(20)5-10(11)24-15(16)7-2-3-8(17)13(19)12(7)18/h2-5,15-16,20-21H,1H3. The molecule has 1 heterocycles. The Hall–Kier alpha value is -2.74. The topological polar surface area (TPSA) is 76.0 Å². The number of ketones is 1. The van der Waals surface area contributed by atoms with E-state index in [2.05, 4.69) is 0 Å². The Kier molecular flexibility index (Phi) is 3.84. The van der Waals surface area contributed by atoms with Gasteiger partial charge in [0, 0.05) is 24.8 Å². The van der Waals surface area contributed by atoms with Gasteiger partial charge in [-0.1, -0.05) is 0 Å². The maximum absolute atomic E-state index is 14.1. The molecule has 0 aliphatic carbocycles. The van der Waals surface area contributed by atoms with Crippen LogP contribution in [0.2, 0.25) is 0 Å². The van der Waals surface area contributed by atoms with Crippen molar-refractivity contribution in [2.75, 3.05) is 7.11 Å². The molecule has 3 rings (SSSR count). The summed E-state index contributed by atoms with van der Waals surface area (Å²) in [4.78, 5) is 12.5. The number of Topliss-reactive ketones (excluding diaryl/α,β-unsaturated/α-hetero) is 1. The van der Waals surface area contributed by atoms with E-state index in [0.29, 0.717) is 6.07 Å². The number of carbonyl (C=O) groups is 1. The zero-order chi connectivity index (χ0) is 17.6. The zero-order valence-corrected chi connectivity index (χ0v) is 12.2. The third-order valence-electron chi connectivity index (χ3n) is 3.73. The van der Waals surface area contributed by atoms with Crippen LogP contribution in [0, 0.1) is 17.5 Å². The van der Waals surface area contributed by atoms with Crippen molar-refractivity contribution in [1.29, 1.82) is 0 Å². The Bertz CT molecular complexity index is 837. The number of halogens is 3. The number of phenolic OH excluding ortho intramolecular Hbond substituents is 2. The van der Waals surface area contributed by atoms with Gasteiger partial charge in [-0.15, -0.1) is 0 Å². The van der Waals surface area contributed by atoms with Crippen LogP contribution in [-0.4, -0.2) is 29.2 Å². The minimum absolute atomic E-state index is 0.222.